The molecule has 2 heteroatoms. The van der Waals surface area contributed by atoms with Crippen molar-refractivity contribution in [3.63, 3.8) is 0 Å². The van der Waals surface area contributed by atoms with E-state index in [9.17, 15) is 0 Å². The Hall–Kier alpha value is -0.0800. The first-order valence-corrected chi connectivity index (χ1v) is 12.6. The van der Waals surface area contributed by atoms with Gasteiger partial charge in [-0.25, -0.2) is 0 Å². The van der Waals surface area contributed by atoms with Gasteiger partial charge in [0.05, 0.1) is 0 Å². The van der Waals surface area contributed by atoms with E-state index >= 15 is 0 Å². The van der Waals surface area contributed by atoms with Gasteiger partial charge in [-0.1, -0.05) is 103 Å². The van der Waals surface area contributed by atoms with Crippen molar-refractivity contribution in [1.82, 2.24) is 9.80 Å². The first-order chi connectivity index (χ1) is 13.2. The average Bonchev–Trinajstić information content (AvgIpc) is 3.06. The van der Waals surface area contributed by atoms with Crippen LogP contribution in [0.25, 0.3) is 0 Å². The van der Waals surface area contributed by atoms with E-state index in [4.69, 9.17) is 0 Å². The molecule has 0 aromatic heterocycles. The monoisotopic (exact) mass is 380 g/mol. The standard InChI is InChI=1S/C25H52N2/c1-4-5-6-7-8-9-10-11-12-13-14-15-16-17-18-19-21-26(2)23-25-20-22-27(3)24-25/h25H,4-24H2,1-3H3. The molecule has 1 heterocycles. The Labute approximate surface area is 172 Å². The summed E-state index contributed by atoms with van der Waals surface area (Å²) in [5.41, 5.74) is 0. The fourth-order valence-electron chi connectivity index (χ4n) is 4.64. The molecular weight excluding hydrogens is 328 g/mol. The summed E-state index contributed by atoms with van der Waals surface area (Å²) in [6.45, 7) is 7.53. The molecule has 1 atom stereocenters. The zero-order valence-electron chi connectivity index (χ0n) is 19.3. The second-order valence-electron chi connectivity index (χ2n) is 9.48. The molecule has 0 aliphatic carbocycles. The van der Waals surface area contributed by atoms with Crippen LogP contribution >= 0.6 is 0 Å². The summed E-state index contributed by atoms with van der Waals surface area (Å²) in [7, 11) is 4.58. The van der Waals surface area contributed by atoms with Crippen molar-refractivity contribution >= 4 is 0 Å². The number of nitrogens with zero attached hydrogens (tertiary/aromatic N) is 2. The van der Waals surface area contributed by atoms with E-state index < -0.39 is 0 Å². The summed E-state index contributed by atoms with van der Waals surface area (Å²) in [5, 5.41) is 0. The molecule has 1 unspecified atom stereocenters. The molecule has 0 aromatic rings. The molecule has 1 rings (SSSR count). The van der Waals surface area contributed by atoms with Crippen molar-refractivity contribution in [2.45, 2.75) is 116 Å². The molecular formula is C25H52N2. The maximum absolute atomic E-state index is 2.58. The van der Waals surface area contributed by atoms with E-state index in [2.05, 4.69) is 30.8 Å². The van der Waals surface area contributed by atoms with Crippen LogP contribution in [0.2, 0.25) is 0 Å². The zero-order valence-corrected chi connectivity index (χ0v) is 19.3. The van der Waals surface area contributed by atoms with Gasteiger partial charge >= 0.3 is 0 Å². The minimum atomic E-state index is 0.918. The minimum absolute atomic E-state index is 0.918. The van der Waals surface area contributed by atoms with Gasteiger partial charge in [-0.05, 0) is 45.9 Å². The highest BCUT2D eigenvalue weighted by atomic mass is 15.1. The Kier molecular flexibility index (Phi) is 16.6. The van der Waals surface area contributed by atoms with E-state index in [0.29, 0.717) is 0 Å². The SMILES string of the molecule is CCCCCCCCCCCCCCCCCCN(C)CC1CCN(C)C1. The molecule has 27 heavy (non-hydrogen) atoms. The zero-order chi connectivity index (χ0) is 19.6. The van der Waals surface area contributed by atoms with Crippen LogP contribution in [0.15, 0.2) is 0 Å². The Bertz CT molecular complexity index is 305. The molecule has 1 fully saturated rings. The predicted octanol–water partition coefficient (Wildman–Crippen LogP) is 7.13. The van der Waals surface area contributed by atoms with Crippen molar-refractivity contribution in [1.29, 1.82) is 0 Å². The molecule has 0 amide bonds. The summed E-state index contributed by atoms with van der Waals surface area (Å²) in [6, 6.07) is 0. The molecule has 0 aromatic carbocycles. The fraction of sp³-hybridized carbons (Fsp3) is 1.00. The topological polar surface area (TPSA) is 6.48 Å². The van der Waals surface area contributed by atoms with Crippen molar-refractivity contribution in [2.75, 3.05) is 40.3 Å². The Morgan fingerprint density at radius 3 is 1.56 bits per heavy atom. The lowest BCUT2D eigenvalue weighted by Gasteiger charge is -2.20. The van der Waals surface area contributed by atoms with Crippen molar-refractivity contribution in [2.24, 2.45) is 5.92 Å². The van der Waals surface area contributed by atoms with Crippen molar-refractivity contribution in [3.05, 3.63) is 0 Å². The van der Waals surface area contributed by atoms with E-state index in [1.54, 1.807) is 0 Å². The van der Waals surface area contributed by atoms with E-state index in [0.717, 1.165) is 5.92 Å². The van der Waals surface area contributed by atoms with Crippen LogP contribution in [0.3, 0.4) is 0 Å². The van der Waals surface area contributed by atoms with Crippen molar-refractivity contribution in [3.8, 4) is 0 Å². The molecule has 2 nitrogen and oxygen atoms in total. The predicted molar refractivity (Wildman–Crippen MR) is 123 cm³/mol. The van der Waals surface area contributed by atoms with Gasteiger partial charge in [0.15, 0.2) is 0 Å². The number of hydrogen-bond acceptors (Lipinski definition) is 2. The molecule has 1 aliphatic rings. The highest BCUT2D eigenvalue weighted by Crippen LogP contribution is 2.16. The van der Waals surface area contributed by atoms with Gasteiger partial charge in [0, 0.05) is 13.1 Å². The van der Waals surface area contributed by atoms with Crippen LogP contribution in [0.1, 0.15) is 116 Å². The van der Waals surface area contributed by atoms with Gasteiger partial charge in [0.25, 0.3) is 0 Å². The summed E-state index contributed by atoms with van der Waals surface area (Å²) in [5.74, 6) is 0.918. The highest BCUT2D eigenvalue weighted by molar-refractivity contribution is 4.75. The van der Waals surface area contributed by atoms with Crippen LogP contribution in [0, 0.1) is 5.92 Å². The first kappa shape index (κ1) is 25.0. The second kappa shape index (κ2) is 18.0. The molecule has 0 bridgehead atoms. The van der Waals surface area contributed by atoms with Gasteiger partial charge in [0.1, 0.15) is 0 Å². The Morgan fingerprint density at radius 2 is 1.15 bits per heavy atom. The fourth-order valence-corrected chi connectivity index (χ4v) is 4.64. The largest absolute Gasteiger partial charge is 0.306 e. The maximum Gasteiger partial charge on any atom is 0.00193 e. The third-order valence-electron chi connectivity index (χ3n) is 6.45. The van der Waals surface area contributed by atoms with Gasteiger partial charge in [-0.2, -0.15) is 0 Å². The van der Waals surface area contributed by atoms with Gasteiger partial charge < -0.3 is 9.80 Å². The van der Waals surface area contributed by atoms with Crippen LogP contribution in [-0.4, -0.2) is 50.1 Å². The summed E-state index contributed by atoms with van der Waals surface area (Å²) < 4.78 is 0. The third-order valence-corrected chi connectivity index (χ3v) is 6.45. The maximum atomic E-state index is 2.58. The van der Waals surface area contributed by atoms with E-state index in [-0.39, 0.29) is 0 Å². The number of likely N-dealkylation sites (tertiary alicyclic amines) is 1. The lowest BCUT2D eigenvalue weighted by atomic mass is 10.0. The van der Waals surface area contributed by atoms with Gasteiger partial charge in [0.2, 0.25) is 0 Å². The van der Waals surface area contributed by atoms with Crippen molar-refractivity contribution < 1.29 is 0 Å². The highest BCUT2D eigenvalue weighted by Gasteiger charge is 2.20. The van der Waals surface area contributed by atoms with E-state index in [1.165, 1.54) is 135 Å². The number of unbranched alkanes of at least 4 members (excludes halogenated alkanes) is 15. The summed E-state index contributed by atoms with van der Waals surface area (Å²) in [6.07, 6.45) is 24.8. The lowest BCUT2D eigenvalue weighted by Crippen LogP contribution is -2.28. The molecule has 1 aliphatic heterocycles. The van der Waals surface area contributed by atoms with Crippen LogP contribution < -0.4 is 0 Å². The van der Waals surface area contributed by atoms with Gasteiger partial charge in [-0.3, -0.25) is 0 Å². The molecule has 0 radical (unpaired) electrons. The Morgan fingerprint density at radius 1 is 0.704 bits per heavy atom. The number of rotatable bonds is 19. The first-order valence-electron chi connectivity index (χ1n) is 12.6. The lowest BCUT2D eigenvalue weighted by molar-refractivity contribution is 0.268. The minimum Gasteiger partial charge on any atom is -0.306 e. The number of hydrogen-bond donors (Lipinski definition) is 0. The smallest absolute Gasteiger partial charge is 0.00193 e. The summed E-state index contributed by atoms with van der Waals surface area (Å²) >= 11 is 0. The van der Waals surface area contributed by atoms with Crippen LogP contribution in [0.5, 0.6) is 0 Å². The van der Waals surface area contributed by atoms with Gasteiger partial charge in [-0.15, -0.1) is 0 Å². The van der Waals surface area contributed by atoms with Crippen LogP contribution in [-0.2, 0) is 0 Å². The second-order valence-corrected chi connectivity index (χ2v) is 9.48. The molecule has 0 N–H and O–H groups in total. The van der Waals surface area contributed by atoms with E-state index in [1.807, 2.05) is 0 Å². The average molecular weight is 381 g/mol. The summed E-state index contributed by atoms with van der Waals surface area (Å²) in [4.78, 5) is 5.06. The molecule has 0 spiro atoms. The van der Waals surface area contributed by atoms with Crippen LogP contribution in [0.4, 0.5) is 0 Å². The molecule has 1 saturated heterocycles. The third kappa shape index (κ3) is 15.5. The molecule has 0 saturated carbocycles. The Balaban J connectivity index is 1.72. The quantitative estimate of drug-likeness (QED) is 0.220. The normalized spacial score (nSPS) is 18.0. The molecule has 162 valence electrons.